The first-order valence-electron chi connectivity index (χ1n) is 11.5. The molecule has 2 aromatic heterocycles. The Morgan fingerprint density at radius 2 is 1.81 bits per heavy atom. The number of nitrogens with one attached hydrogen (secondary N) is 1. The van der Waals surface area contributed by atoms with Gasteiger partial charge in [-0.2, -0.15) is 10.1 Å². The first-order valence-corrected chi connectivity index (χ1v) is 11.5. The average molecular weight is 430 g/mol. The highest BCUT2D eigenvalue weighted by Crippen LogP contribution is 2.25. The number of hydrogen-bond acceptors (Lipinski definition) is 6. The number of hydrogen-bond donors (Lipinski definition) is 1. The third-order valence-electron chi connectivity index (χ3n) is 6.61. The lowest BCUT2D eigenvalue weighted by atomic mass is 9.93. The lowest BCUT2D eigenvalue weighted by molar-refractivity contribution is -0.134. The topological polar surface area (TPSA) is 90.4 Å². The minimum absolute atomic E-state index is 0.154. The predicted molar refractivity (Wildman–Crippen MR) is 121 cm³/mol. The van der Waals surface area contributed by atoms with Gasteiger partial charge in [-0.3, -0.25) is 14.6 Å². The summed E-state index contributed by atoms with van der Waals surface area (Å²) in [6, 6.07) is 0. The van der Waals surface area contributed by atoms with Crippen LogP contribution in [0.25, 0.3) is 11.0 Å². The van der Waals surface area contributed by atoms with Crippen molar-refractivity contribution < 1.29 is 4.79 Å². The van der Waals surface area contributed by atoms with Crippen LogP contribution >= 0.6 is 0 Å². The summed E-state index contributed by atoms with van der Waals surface area (Å²) in [5, 5.41) is 4.90. The molecule has 0 bridgehead atoms. The van der Waals surface area contributed by atoms with E-state index in [0.717, 1.165) is 58.7 Å². The summed E-state index contributed by atoms with van der Waals surface area (Å²) in [5.74, 6) is 1.28. The summed E-state index contributed by atoms with van der Waals surface area (Å²) < 4.78 is 1.81. The van der Waals surface area contributed by atoms with Gasteiger partial charge in [-0.1, -0.05) is 6.92 Å². The average Bonchev–Trinajstić information content (AvgIpc) is 3.19. The zero-order valence-electron chi connectivity index (χ0n) is 19.2. The normalized spacial score (nSPS) is 19.4. The lowest BCUT2D eigenvalue weighted by Crippen LogP contribution is -2.49. The van der Waals surface area contributed by atoms with Gasteiger partial charge in [-0.05, 0) is 46.1 Å². The summed E-state index contributed by atoms with van der Waals surface area (Å²) in [6.45, 7) is 14.6. The number of fused-ring (bicyclic) bond motifs is 1. The van der Waals surface area contributed by atoms with Crippen molar-refractivity contribution in [2.45, 2.75) is 52.5 Å². The Kier molecular flexibility index (Phi) is 6.05. The molecule has 0 aromatic carbocycles. The number of rotatable bonds is 4. The lowest BCUT2D eigenvalue weighted by Gasteiger charge is -2.36. The SMILES string of the molecule is CCN1CCN(C(=O)CC2CCN(c3nc4c(cnn4C(C)(C)C)c(=O)[nH]3)CC2)CC1. The van der Waals surface area contributed by atoms with Gasteiger partial charge in [-0.25, -0.2) is 4.68 Å². The van der Waals surface area contributed by atoms with E-state index < -0.39 is 0 Å². The number of piperidine rings is 1. The molecular weight excluding hydrogens is 394 g/mol. The monoisotopic (exact) mass is 429 g/mol. The van der Waals surface area contributed by atoms with Crippen molar-refractivity contribution in [1.82, 2.24) is 29.5 Å². The molecule has 0 aliphatic carbocycles. The molecule has 2 aromatic rings. The van der Waals surface area contributed by atoms with Gasteiger partial charge in [0.15, 0.2) is 5.65 Å². The smallest absolute Gasteiger partial charge is 0.263 e. The number of H-pyrrole nitrogens is 1. The Labute approximate surface area is 183 Å². The molecule has 2 aliphatic rings. The Morgan fingerprint density at radius 1 is 1.13 bits per heavy atom. The van der Waals surface area contributed by atoms with E-state index >= 15 is 0 Å². The van der Waals surface area contributed by atoms with Gasteiger partial charge >= 0.3 is 0 Å². The third-order valence-corrected chi connectivity index (χ3v) is 6.61. The minimum atomic E-state index is -0.254. The number of carbonyl (C=O) groups is 1. The summed E-state index contributed by atoms with van der Waals surface area (Å²) in [6.07, 6.45) is 4.08. The quantitative estimate of drug-likeness (QED) is 0.795. The van der Waals surface area contributed by atoms with Gasteiger partial charge in [0.1, 0.15) is 5.39 Å². The van der Waals surface area contributed by atoms with E-state index in [1.165, 1.54) is 0 Å². The van der Waals surface area contributed by atoms with Crippen molar-refractivity contribution in [3.63, 3.8) is 0 Å². The van der Waals surface area contributed by atoms with E-state index in [2.05, 4.69) is 26.8 Å². The van der Waals surface area contributed by atoms with Crippen LogP contribution in [0.3, 0.4) is 0 Å². The van der Waals surface area contributed by atoms with E-state index in [1.807, 2.05) is 30.4 Å². The van der Waals surface area contributed by atoms with Crippen LogP contribution in [0.5, 0.6) is 0 Å². The van der Waals surface area contributed by atoms with Crippen molar-refractivity contribution in [3.8, 4) is 0 Å². The number of likely N-dealkylation sites (N-methyl/N-ethyl adjacent to an activating group) is 1. The molecule has 31 heavy (non-hydrogen) atoms. The van der Waals surface area contributed by atoms with Crippen LogP contribution in [-0.4, -0.2) is 81.3 Å². The molecule has 1 N–H and O–H groups in total. The van der Waals surface area contributed by atoms with E-state index in [-0.39, 0.29) is 17.0 Å². The fraction of sp³-hybridized carbons (Fsp3) is 0.727. The van der Waals surface area contributed by atoms with Crippen LogP contribution in [0, 0.1) is 5.92 Å². The number of aromatic amines is 1. The maximum absolute atomic E-state index is 12.7. The van der Waals surface area contributed by atoms with E-state index in [1.54, 1.807) is 6.20 Å². The number of anilines is 1. The van der Waals surface area contributed by atoms with Crippen LogP contribution < -0.4 is 10.5 Å². The van der Waals surface area contributed by atoms with Gasteiger partial charge in [0.05, 0.1) is 11.7 Å². The molecule has 170 valence electrons. The molecule has 0 radical (unpaired) electrons. The fourth-order valence-electron chi connectivity index (χ4n) is 4.59. The second-order valence-electron chi connectivity index (χ2n) is 9.80. The van der Waals surface area contributed by atoms with Crippen LogP contribution in [-0.2, 0) is 10.3 Å². The molecule has 9 heteroatoms. The van der Waals surface area contributed by atoms with Crippen molar-refractivity contribution in [2.75, 3.05) is 50.7 Å². The first-order chi connectivity index (χ1) is 14.8. The van der Waals surface area contributed by atoms with Gasteiger partial charge in [0.2, 0.25) is 11.9 Å². The molecule has 4 heterocycles. The first kappa shape index (κ1) is 21.8. The fourth-order valence-corrected chi connectivity index (χ4v) is 4.59. The zero-order valence-corrected chi connectivity index (χ0v) is 19.2. The van der Waals surface area contributed by atoms with Gasteiger partial charge < -0.3 is 14.7 Å². The number of amides is 1. The summed E-state index contributed by atoms with van der Waals surface area (Å²) >= 11 is 0. The summed E-state index contributed by atoms with van der Waals surface area (Å²) in [5.41, 5.74) is 0.212. The minimum Gasteiger partial charge on any atom is -0.342 e. The van der Waals surface area contributed by atoms with E-state index in [0.29, 0.717) is 29.3 Å². The van der Waals surface area contributed by atoms with Crippen molar-refractivity contribution in [2.24, 2.45) is 5.92 Å². The molecule has 0 spiro atoms. The Morgan fingerprint density at radius 3 is 2.42 bits per heavy atom. The second-order valence-corrected chi connectivity index (χ2v) is 9.80. The molecule has 4 rings (SSSR count). The number of piperazine rings is 1. The Bertz CT molecular complexity index is 974. The molecule has 0 saturated carbocycles. The Hall–Kier alpha value is -2.42. The molecule has 2 fully saturated rings. The van der Waals surface area contributed by atoms with Gasteiger partial charge in [0, 0.05) is 45.7 Å². The highest BCUT2D eigenvalue weighted by atomic mass is 16.2. The van der Waals surface area contributed by atoms with E-state index in [4.69, 9.17) is 4.98 Å². The molecule has 2 saturated heterocycles. The van der Waals surface area contributed by atoms with Gasteiger partial charge in [-0.15, -0.1) is 0 Å². The third kappa shape index (κ3) is 4.61. The summed E-state index contributed by atoms with van der Waals surface area (Å²) in [4.78, 5) is 39.5. The molecule has 0 atom stereocenters. The van der Waals surface area contributed by atoms with Crippen molar-refractivity contribution in [1.29, 1.82) is 0 Å². The standard InChI is InChI=1S/C22H35N7O2/c1-5-26-10-12-27(13-11-26)18(30)14-16-6-8-28(9-7-16)21-24-19-17(20(31)25-21)15-23-29(19)22(2,3)4/h15-16H,5-14H2,1-4H3,(H,24,25,31). The van der Waals surface area contributed by atoms with Gasteiger partial charge in [0.25, 0.3) is 5.56 Å². The van der Waals surface area contributed by atoms with Crippen molar-refractivity contribution in [3.05, 3.63) is 16.6 Å². The highest BCUT2D eigenvalue weighted by molar-refractivity contribution is 5.77. The Balaban J connectivity index is 1.38. The van der Waals surface area contributed by atoms with E-state index in [9.17, 15) is 9.59 Å². The highest BCUT2D eigenvalue weighted by Gasteiger charge is 2.27. The second kappa shape index (κ2) is 8.61. The van der Waals surface area contributed by atoms with Crippen LogP contribution in [0.15, 0.2) is 11.0 Å². The molecular formula is C22H35N7O2. The zero-order chi connectivity index (χ0) is 22.2. The molecule has 1 amide bonds. The maximum Gasteiger partial charge on any atom is 0.263 e. The molecule has 0 unspecified atom stereocenters. The number of aromatic nitrogens is 4. The largest absolute Gasteiger partial charge is 0.342 e. The molecule has 2 aliphatic heterocycles. The van der Waals surface area contributed by atoms with Crippen molar-refractivity contribution >= 4 is 22.9 Å². The van der Waals surface area contributed by atoms with Crippen LogP contribution in [0.4, 0.5) is 5.95 Å². The van der Waals surface area contributed by atoms with Crippen LogP contribution in [0.1, 0.15) is 47.0 Å². The maximum atomic E-state index is 12.7. The number of carbonyl (C=O) groups excluding carboxylic acids is 1. The number of nitrogens with zero attached hydrogens (tertiary/aromatic N) is 6. The predicted octanol–water partition coefficient (Wildman–Crippen LogP) is 1.65. The molecule has 9 nitrogen and oxygen atoms in total. The summed E-state index contributed by atoms with van der Waals surface area (Å²) in [7, 11) is 0. The van der Waals surface area contributed by atoms with Crippen LogP contribution in [0.2, 0.25) is 0 Å².